The van der Waals surface area contributed by atoms with E-state index in [1.165, 1.54) is 11.8 Å². The number of thioether (sulfide) groups is 1. The molecule has 3 unspecified atom stereocenters. The Morgan fingerprint density at radius 2 is 1.92 bits per heavy atom. The maximum Gasteiger partial charge on any atom is 0.326 e. The summed E-state index contributed by atoms with van der Waals surface area (Å²) in [5.41, 5.74) is 2.21. The molecule has 3 amide bonds. The second-order valence-corrected chi connectivity index (χ2v) is 11.8. The number of carbonyl (C=O) groups is 2. The Morgan fingerprint density at radius 1 is 1.13 bits per heavy atom. The molecule has 0 spiro atoms. The van der Waals surface area contributed by atoms with E-state index < -0.39 is 11.6 Å². The summed E-state index contributed by atoms with van der Waals surface area (Å²) < 4.78 is 32.9. The summed E-state index contributed by atoms with van der Waals surface area (Å²) in [4.78, 5) is 31.5. The number of ether oxygens (including phenoxy) is 1. The number of likely N-dealkylation sites (N-methyl/N-ethyl adjacent to an activating group) is 1. The Morgan fingerprint density at radius 3 is 2.67 bits per heavy atom. The fraction of sp³-hybridized carbons (Fsp3) is 0.429. The first-order chi connectivity index (χ1) is 18.8. The number of nitrogens with zero attached hydrogens (tertiary/aromatic N) is 2. The third-order valence-corrected chi connectivity index (χ3v) is 9.16. The van der Waals surface area contributed by atoms with Gasteiger partial charge in [-0.05, 0) is 70.1 Å². The number of nitrogens with one attached hydrogen (secondary N) is 3. The molecule has 4 heterocycles. The molecule has 4 aliphatic rings. The van der Waals surface area contributed by atoms with Crippen molar-refractivity contribution in [2.75, 3.05) is 31.6 Å². The standard InChI is InChI=1S/C28H31F2N5O3S/c1-15-10-19(38-20-12-16(29)11-17(30)13-20)5-6-21(15)35-22-7-8-31-27-23(22)24(33-28(35)37)25(39-27)26(36)32-18-4-3-9-34(2)14-18/h5-6,10-13,18,22-23,27,31H,3-4,7-9,14H2,1-2H3,(H,32,36)(H,33,37)/t18-,22?,23?,27?/m1/s1. The highest BCUT2D eigenvalue weighted by atomic mass is 32.2. The minimum Gasteiger partial charge on any atom is -0.457 e. The highest BCUT2D eigenvalue weighted by Gasteiger charge is 2.52. The van der Waals surface area contributed by atoms with E-state index in [1.54, 1.807) is 23.1 Å². The smallest absolute Gasteiger partial charge is 0.326 e. The fourth-order valence-electron chi connectivity index (χ4n) is 6.12. The van der Waals surface area contributed by atoms with Gasteiger partial charge >= 0.3 is 6.03 Å². The van der Waals surface area contributed by atoms with Crippen LogP contribution in [0.5, 0.6) is 11.5 Å². The summed E-state index contributed by atoms with van der Waals surface area (Å²) in [6, 6.07) is 7.94. The number of hydrogen-bond acceptors (Lipinski definition) is 6. The van der Waals surface area contributed by atoms with Gasteiger partial charge in [-0.2, -0.15) is 0 Å². The average Bonchev–Trinajstić information content (AvgIpc) is 3.24. The molecule has 4 aliphatic heterocycles. The van der Waals surface area contributed by atoms with Crippen LogP contribution in [0.15, 0.2) is 47.0 Å². The monoisotopic (exact) mass is 555 g/mol. The summed E-state index contributed by atoms with van der Waals surface area (Å²) in [5.74, 6) is -1.15. The molecular formula is C28H31F2N5O3S. The Labute approximate surface area is 230 Å². The van der Waals surface area contributed by atoms with E-state index in [0.29, 0.717) is 16.4 Å². The van der Waals surface area contributed by atoms with Crippen LogP contribution in [-0.2, 0) is 4.79 Å². The molecule has 206 valence electrons. The predicted molar refractivity (Wildman–Crippen MR) is 146 cm³/mol. The van der Waals surface area contributed by atoms with Crippen LogP contribution in [0.3, 0.4) is 0 Å². The van der Waals surface area contributed by atoms with Crippen molar-refractivity contribution < 1.29 is 23.1 Å². The average molecular weight is 556 g/mol. The molecule has 3 N–H and O–H groups in total. The van der Waals surface area contributed by atoms with E-state index in [9.17, 15) is 18.4 Å². The number of halogens is 2. The maximum absolute atomic E-state index is 13.6. The van der Waals surface area contributed by atoms with Gasteiger partial charge in [-0.25, -0.2) is 13.6 Å². The number of anilines is 1. The molecule has 0 bridgehead atoms. The summed E-state index contributed by atoms with van der Waals surface area (Å²) in [6.45, 7) is 4.45. The molecule has 11 heteroatoms. The Balaban J connectivity index is 1.24. The molecule has 3 saturated heterocycles. The van der Waals surface area contributed by atoms with Crippen molar-refractivity contribution in [3.63, 3.8) is 0 Å². The van der Waals surface area contributed by atoms with Gasteiger partial charge in [0.05, 0.1) is 16.3 Å². The van der Waals surface area contributed by atoms with Gasteiger partial charge in [0.25, 0.3) is 5.91 Å². The van der Waals surface area contributed by atoms with E-state index in [2.05, 4.69) is 27.9 Å². The molecular weight excluding hydrogens is 524 g/mol. The Bertz CT molecular complexity index is 1330. The van der Waals surface area contributed by atoms with Gasteiger partial charge in [-0.15, -0.1) is 0 Å². The fourth-order valence-corrected chi connectivity index (χ4v) is 7.52. The van der Waals surface area contributed by atoms with Crippen LogP contribution in [0.1, 0.15) is 24.8 Å². The number of carbonyl (C=O) groups excluding carboxylic acids is 2. The summed E-state index contributed by atoms with van der Waals surface area (Å²) in [6.07, 6.45) is 2.73. The minimum absolute atomic E-state index is 0.0117. The van der Waals surface area contributed by atoms with Crippen molar-refractivity contribution >= 4 is 29.4 Å². The quantitative estimate of drug-likeness (QED) is 0.516. The molecule has 0 aliphatic carbocycles. The highest BCUT2D eigenvalue weighted by Crippen LogP contribution is 2.48. The van der Waals surface area contributed by atoms with Crippen molar-refractivity contribution in [1.29, 1.82) is 0 Å². The Hall–Kier alpha value is -3.15. The lowest BCUT2D eigenvalue weighted by Crippen LogP contribution is -2.62. The number of urea groups is 1. The van der Waals surface area contributed by atoms with Gasteiger partial charge < -0.3 is 25.6 Å². The molecule has 39 heavy (non-hydrogen) atoms. The second kappa shape index (κ2) is 10.4. The van der Waals surface area contributed by atoms with Crippen LogP contribution in [0.4, 0.5) is 19.3 Å². The zero-order chi connectivity index (χ0) is 27.3. The van der Waals surface area contributed by atoms with Crippen molar-refractivity contribution in [2.24, 2.45) is 5.92 Å². The van der Waals surface area contributed by atoms with Gasteiger partial charge in [0.1, 0.15) is 23.1 Å². The third kappa shape index (κ3) is 5.10. The van der Waals surface area contributed by atoms with E-state index in [4.69, 9.17) is 4.74 Å². The lowest BCUT2D eigenvalue weighted by Gasteiger charge is -2.46. The van der Waals surface area contributed by atoms with E-state index >= 15 is 0 Å². The molecule has 8 nitrogen and oxygen atoms in total. The number of piperidine rings is 2. The first-order valence-corrected chi connectivity index (χ1v) is 14.1. The molecule has 0 radical (unpaired) electrons. The van der Waals surface area contributed by atoms with Gasteiger partial charge in [-0.1, -0.05) is 11.8 Å². The molecule has 0 aromatic heterocycles. The number of likely N-dealkylation sites (tertiary alicyclic amines) is 1. The lowest BCUT2D eigenvalue weighted by atomic mass is 9.86. The van der Waals surface area contributed by atoms with E-state index in [0.717, 1.165) is 68.3 Å². The van der Waals surface area contributed by atoms with Gasteiger partial charge in [-0.3, -0.25) is 9.69 Å². The summed E-state index contributed by atoms with van der Waals surface area (Å²) >= 11 is 1.50. The molecule has 2 aromatic carbocycles. The van der Waals surface area contributed by atoms with Crippen molar-refractivity contribution in [1.82, 2.24) is 20.9 Å². The van der Waals surface area contributed by atoms with Crippen molar-refractivity contribution in [3.05, 3.63) is 64.2 Å². The Kier molecular flexibility index (Phi) is 6.98. The largest absolute Gasteiger partial charge is 0.457 e. The number of aryl methyl sites for hydroxylation is 1. The zero-order valence-electron chi connectivity index (χ0n) is 21.8. The molecule has 0 saturated carbocycles. The normalized spacial score (nSPS) is 26.8. The first kappa shape index (κ1) is 26.1. The van der Waals surface area contributed by atoms with Crippen LogP contribution in [0.2, 0.25) is 0 Å². The molecule has 4 atom stereocenters. The topological polar surface area (TPSA) is 85.9 Å². The number of amides is 3. The van der Waals surface area contributed by atoms with Crippen molar-refractivity contribution in [3.8, 4) is 11.5 Å². The third-order valence-electron chi connectivity index (χ3n) is 7.81. The zero-order valence-corrected chi connectivity index (χ0v) is 22.6. The van der Waals surface area contributed by atoms with Crippen LogP contribution in [0.25, 0.3) is 0 Å². The van der Waals surface area contributed by atoms with Gasteiger partial charge in [0.2, 0.25) is 0 Å². The SMILES string of the molecule is Cc1cc(Oc2cc(F)cc(F)c2)ccc1N1C(=O)NC2=C(C(=O)N[C@@H]3CCCN(C)C3)SC3NCCC1C23. The van der Waals surface area contributed by atoms with Gasteiger partial charge in [0, 0.05) is 48.1 Å². The van der Waals surface area contributed by atoms with Crippen LogP contribution >= 0.6 is 11.8 Å². The first-order valence-electron chi connectivity index (χ1n) is 13.3. The second-order valence-electron chi connectivity index (χ2n) is 10.6. The van der Waals surface area contributed by atoms with Crippen LogP contribution in [0, 0.1) is 24.5 Å². The molecule has 2 aromatic rings. The predicted octanol–water partition coefficient (Wildman–Crippen LogP) is 4.07. The highest BCUT2D eigenvalue weighted by molar-refractivity contribution is 8.04. The molecule has 3 fully saturated rings. The number of rotatable bonds is 5. The minimum atomic E-state index is -0.721. The van der Waals surface area contributed by atoms with Gasteiger partial charge in [0.15, 0.2) is 0 Å². The number of hydrogen-bond donors (Lipinski definition) is 3. The number of benzene rings is 2. The van der Waals surface area contributed by atoms with Crippen molar-refractivity contribution in [2.45, 2.75) is 43.6 Å². The maximum atomic E-state index is 13.6. The van der Waals surface area contributed by atoms with Crippen LogP contribution in [-0.4, -0.2) is 61.0 Å². The molecule has 6 rings (SSSR count). The van der Waals surface area contributed by atoms with Crippen LogP contribution < -0.4 is 25.6 Å². The van der Waals surface area contributed by atoms with E-state index in [1.807, 2.05) is 6.92 Å². The summed E-state index contributed by atoms with van der Waals surface area (Å²) in [7, 11) is 2.06. The summed E-state index contributed by atoms with van der Waals surface area (Å²) in [5, 5.41) is 9.75. The lowest BCUT2D eigenvalue weighted by molar-refractivity contribution is -0.117. The van der Waals surface area contributed by atoms with E-state index in [-0.39, 0.29) is 41.1 Å².